The molecule has 6 heteroatoms. The van der Waals surface area contributed by atoms with Crippen molar-refractivity contribution in [1.29, 1.82) is 0 Å². The lowest BCUT2D eigenvalue weighted by molar-refractivity contribution is 0.0659. The third kappa shape index (κ3) is 4.05. The molecule has 2 heterocycles. The number of likely N-dealkylation sites (tertiary alicyclic amines) is 1. The number of hydrogen-bond acceptors (Lipinski definition) is 4. The zero-order valence-corrected chi connectivity index (χ0v) is 18.4. The Labute approximate surface area is 178 Å². The third-order valence-corrected chi connectivity index (χ3v) is 6.26. The first-order valence-corrected chi connectivity index (χ1v) is 10.6. The zero-order chi connectivity index (χ0) is 21.3. The third-order valence-electron chi connectivity index (χ3n) is 6.26. The number of anilines is 1. The van der Waals surface area contributed by atoms with Crippen molar-refractivity contribution in [1.82, 2.24) is 19.4 Å². The minimum atomic E-state index is 0.0799. The van der Waals surface area contributed by atoms with Gasteiger partial charge in [0.15, 0.2) is 0 Å². The second-order valence-electron chi connectivity index (χ2n) is 8.47. The fraction of sp³-hybridized carbons (Fsp3) is 0.417. The summed E-state index contributed by atoms with van der Waals surface area (Å²) in [6.45, 7) is 2.86. The summed E-state index contributed by atoms with van der Waals surface area (Å²) in [7, 11) is 8.14. The summed E-state index contributed by atoms with van der Waals surface area (Å²) < 4.78 is 2.09. The first-order chi connectivity index (χ1) is 14.4. The number of imidazole rings is 1. The standard InChI is InChI=1S/C24H31N5O/c1-26-14-12-20(13-15-26)28(3)23(30)19-10-11-22-21(16-19)25-24(29(22)4)27(2)17-18-8-6-5-7-9-18/h5-11,16,20H,12-15,17H2,1-4H3. The molecule has 0 radical (unpaired) electrons. The van der Waals surface area contributed by atoms with Crippen molar-refractivity contribution in [3.63, 3.8) is 0 Å². The molecule has 1 saturated heterocycles. The van der Waals surface area contributed by atoms with Crippen molar-refractivity contribution in [3.8, 4) is 0 Å². The molecule has 1 aliphatic heterocycles. The monoisotopic (exact) mass is 405 g/mol. The Morgan fingerprint density at radius 1 is 1.07 bits per heavy atom. The number of benzene rings is 2. The van der Waals surface area contributed by atoms with Crippen LogP contribution in [0.25, 0.3) is 11.0 Å². The number of carbonyl (C=O) groups is 1. The molecule has 30 heavy (non-hydrogen) atoms. The van der Waals surface area contributed by atoms with Gasteiger partial charge in [-0.3, -0.25) is 4.79 Å². The molecule has 0 unspecified atom stereocenters. The van der Waals surface area contributed by atoms with Crippen molar-refractivity contribution in [3.05, 3.63) is 59.7 Å². The zero-order valence-electron chi connectivity index (χ0n) is 18.4. The number of rotatable bonds is 5. The Kier molecular flexibility index (Phi) is 5.77. The van der Waals surface area contributed by atoms with Crippen LogP contribution in [0.15, 0.2) is 48.5 Å². The number of piperidine rings is 1. The maximum atomic E-state index is 13.1. The Balaban J connectivity index is 1.55. The predicted molar refractivity (Wildman–Crippen MR) is 122 cm³/mol. The van der Waals surface area contributed by atoms with Gasteiger partial charge in [-0.2, -0.15) is 0 Å². The van der Waals surface area contributed by atoms with E-state index in [2.05, 4.69) is 45.7 Å². The second kappa shape index (κ2) is 8.48. The van der Waals surface area contributed by atoms with Gasteiger partial charge < -0.3 is 19.3 Å². The summed E-state index contributed by atoms with van der Waals surface area (Å²) in [4.78, 5) is 24.3. The molecule has 2 aromatic carbocycles. The van der Waals surface area contributed by atoms with E-state index in [-0.39, 0.29) is 5.91 Å². The Hall–Kier alpha value is -2.86. The van der Waals surface area contributed by atoms with E-state index < -0.39 is 0 Å². The van der Waals surface area contributed by atoms with Crippen LogP contribution in [0.3, 0.4) is 0 Å². The average Bonchev–Trinajstić information content (AvgIpc) is 3.10. The molecule has 3 aromatic rings. The van der Waals surface area contributed by atoms with Crippen LogP contribution in [-0.4, -0.2) is 65.5 Å². The SMILES string of the molecule is CN1CCC(N(C)C(=O)c2ccc3c(c2)nc(N(C)Cc2ccccc2)n3C)CC1. The number of aryl methyl sites for hydroxylation is 1. The van der Waals surface area contributed by atoms with Crippen LogP contribution < -0.4 is 4.90 Å². The highest BCUT2D eigenvalue weighted by atomic mass is 16.2. The van der Waals surface area contributed by atoms with Crippen LogP contribution in [0.2, 0.25) is 0 Å². The van der Waals surface area contributed by atoms with Crippen LogP contribution in [0.1, 0.15) is 28.8 Å². The van der Waals surface area contributed by atoms with Gasteiger partial charge in [-0.25, -0.2) is 4.98 Å². The van der Waals surface area contributed by atoms with E-state index in [1.807, 2.05) is 50.3 Å². The maximum Gasteiger partial charge on any atom is 0.253 e. The number of carbonyl (C=O) groups excluding carboxylic acids is 1. The van der Waals surface area contributed by atoms with Crippen molar-refractivity contribution in [2.75, 3.05) is 39.1 Å². The molecule has 6 nitrogen and oxygen atoms in total. The largest absolute Gasteiger partial charge is 0.341 e. The number of fused-ring (bicyclic) bond motifs is 1. The van der Waals surface area contributed by atoms with Crippen LogP contribution >= 0.6 is 0 Å². The molecule has 0 bridgehead atoms. The highest BCUT2D eigenvalue weighted by Crippen LogP contribution is 2.24. The molecule has 158 valence electrons. The van der Waals surface area contributed by atoms with Crippen molar-refractivity contribution in [2.45, 2.75) is 25.4 Å². The van der Waals surface area contributed by atoms with Crippen LogP contribution in [0.5, 0.6) is 0 Å². The summed E-state index contributed by atoms with van der Waals surface area (Å²) in [5.41, 5.74) is 3.83. The number of nitrogens with zero attached hydrogens (tertiary/aromatic N) is 5. The molecule has 0 N–H and O–H groups in total. The number of amides is 1. The first-order valence-electron chi connectivity index (χ1n) is 10.6. The van der Waals surface area contributed by atoms with E-state index in [4.69, 9.17) is 4.98 Å². The molecule has 1 aromatic heterocycles. The fourth-order valence-corrected chi connectivity index (χ4v) is 4.34. The van der Waals surface area contributed by atoms with Crippen LogP contribution in [0, 0.1) is 0 Å². The minimum Gasteiger partial charge on any atom is -0.341 e. The predicted octanol–water partition coefficient (Wildman–Crippen LogP) is 3.38. The van der Waals surface area contributed by atoms with Crippen molar-refractivity contribution < 1.29 is 4.79 Å². The summed E-state index contributed by atoms with van der Waals surface area (Å²) in [5.74, 6) is 0.971. The lowest BCUT2D eigenvalue weighted by Gasteiger charge is -2.35. The summed E-state index contributed by atoms with van der Waals surface area (Å²) in [6, 6.07) is 16.6. The summed E-state index contributed by atoms with van der Waals surface area (Å²) >= 11 is 0. The molecule has 1 amide bonds. The lowest BCUT2D eigenvalue weighted by Crippen LogP contribution is -2.44. The van der Waals surface area contributed by atoms with E-state index in [0.717, 1.165) is 49.5 Å². The average molecular weight is 406 g/mol. The molecule has 0 atom stereocenters. The van der Waals surface area contributed by atoms with Crippen molar-refractivity contribution in [2.24, 2.45) is 7.05 Å². The Morgan fingerprint density at radius 3 is 2.47 bits per heavy atom. The van der Waals surface area contributed by atoms with Crippen molar-refractivity contribution >= 4 is 22.9 Å². The normalized spacial score (nSPS) is 15.5. The fourth-order valence-electron chi connectivity index (χ4n) is 4.34. The van der Waals surface area contributed by atoms with E-state index in [1.165, 1.54) is 5.56 Å². The Morgan fingerprint density at radius 2 is 1.77 bits per heavy atom. The van der Waals surface area contributed by atoms with Gasteiger partial charge >= 0.3 is 0 Å². The topological polar surface area (TPSA) is 44.6 Å². The van der Waals surface area contributed by atoms with E-state index in [9.17, 15) is 4.79 Å². The number of hydrogen-bond donors (Lipinski definition) is 0. The Bertz CT molecular complexity index is 1020. The molecular weight excluding hydrogens is 374 g/mol. The van der Waals surface area contributed by atoms with Gasteiger partial charge in [0.1, 0.15) is 0 Å². The van der Waals surface area contributed by atoms with Gasteiger partial charge in [0.2, 0.25) is 5.95 Å². The summed E-state index contributed by atoms with van der Waals surface area (Å²) in [6.07, 6.45) is 2.05. The van der Waals surface area contributed by atoms with Gasteiger partial charge in [-0.05, 0) is 56.7 Å². The molecule has 1 aliphatic rings. The minimum absolute atomic E-state index is 0.0799. The second-order valence-corrected chi connectivity index (χ2v) is 8.47. The van der Waals surface area contributed by atoms with Gasteiger partial charge in [-0.15, -0.1) is 0 Å². The molecule has 0 aliphatic carbocycles. The van der Waals surface area contributed by atoms with Gasteiger partial charge in [0.05, 0.1) is 11.0 Å². The van der Waals surface area contributed by atoms with Crippen LogP contribution in [0.4, 0.5) is 5.95 Å². The first kappa shape index (κ1) is 20.4. The van der Waals surface area contributed by atoms with E-state index in [1.54, 1.807) is 0 Å². The molecule has 0 saturated carbocycles. The molecule has 4 rings (SSSR count). The van der Waals surface area contributed by atoms with Gasteiger partial charge in [0.25, 0.3) is 5.91 Å². The number of aromatic nitrogens is 2. The molecule has 1 fully saturated rings. The molecule has 0 spiro atoms. The van der Waals surface area contributed by atoms with Gasteiger partial charge in [-0.1, -0.05) is 30.3 Å². The quantitative estimate of drug-likeness (QED) is 0.653. The molecular formula is C24H31N5O. The smallest absolute Gasteiger partial charge is 0.253 e. The summed E-state index contributed by atoms with van der Waals surface area (Å²) in [5, 5.41) is 0. The highest BCUT2D eigenvalue weighted by Gasteiger charge is 2.25. The van der Waals surface area contributed by atoms with Crippen LogP contribution in [-0.2, 0) is 13.6 Å². The highest BCUT2D eigenvalue weighted by molar-refractivity contribution is 5.97. The van der Waals surface area contributed by atoms with E-state index >= 15 is 0 Å². The maximum absolute atomic E-state index is 13.1. The van der Waals surface area contributed by atoms with E-state index in [0.29, 0.717) is 11.6 Å². The van der Waals surface area contributed by atoms with Gasteiger partial charge in [0, 0.05) is 39.3 Å². The lowest BCUT2D eigenvalue weighted by atomic mass is 10.0.